The molecular weight excluding hydrogens is 514 g/mol. The Morgan fingerprint density at radius 1 is 0.923 bits per heavy atom. The second kappa shape index (κ2) is 14.3. The van der Waals surface area contributed by atoms with Crippen molar-refractivity contribution in [2.75, 3.05) is 30.8 Å². The second-order valence-corrected chi connectivity index (χ2v) is 11.2. The number of carbonyl (C=O) groups is 2. The highest BCUT2D eigenvalue weighted by Crippen LogP contribution is 2.24. The minimum Gasteiger partial charge on any atom is -0.497 e. The van der Waals surface area contributed by atoms with E-state index in [1.807, 2.05) is 67.6 Å². The molecule has 0 bridgehead atoms. The van der Waals surface area contributed by atoms with Crippen molar-refractivity contribution in [3.05, 3.63) is 96.1 Å². The molecule has 0 aliphatic carbocycles. The lowest BCUT2D eigenvalue weighted by atomic mass is 10.0. The van der Waals surface area contributed by atoms with Crippen LogP contribution in [0.3, 0.4) is 0 Å². The molecule has 0 saturated carbocycles. The molecule has 208 valence electrons. The Labute approximate surface area is 231 Å². The standard InChI is InChI=1S/C30H37N3O5S/c1-4-5-19-31-30(35)28(20-24-13-8-6-9-14-24)32(22-25-15-10-7-11-16-25)29(34)23-33(39(3,36)37)26-17-12-18-27(21-26)38-2/h6-18,21,28H,4-5,19-20,22-23H2,1-3H3,(H,31,35). The van der Waals surface area contributed by atoms with Gasteiger partial charge in [0.05, 0.1) is 19.1 Å². The van der Waals surface area contributed by atoms with E-state index in [9.17, 15) is 18.0 Å². The van der Waals surface area contributed by atoms with Crippen molar-refractivity contribution in [2.24, 2.45) is 0 Å². The zero-order valence-electron chi connectivity index (χ0n) is 22.7. The average molecular weight is 552 g/mol. The van der Waals surface area contributed by atoms with Gasteiger partial charge < -0.3 is 15.0 Å². The number of rotatable bonds is 14. The van der Waals surface area contributed by atoms with E-state index in [2.05, 4.69) is 5.32 Å². The van der Waals surface area contributed by atoms with Crippen LogP contribution in [0, 0.1) is 0 Å². The molecular formula is C30H37N3O5S. The number of unbranched alkanes of at least 4 members (excludes halogenated alkanes) is 1. The maximum atomic E-state index is 14.0. The summed E-state index contributed by atoms with van der Waals surface area (Å²) in [7, 11) is -2.35. The summed E-state index contributed by atoms with van der Waals surface area (Å²) in [6.07, 6.45) is 3.07. The van der Waals surface area contributed by atoms with Crippen molar-refractivity contribution in [3.8, 4) is 5.75 Å². The maximum absolute atomic E-state index is 14.0. The van der Waals surface area contributed by atoms with E-state index in [0.29, 0.717) is 18.0 Å². The van der Waals surface area contributed by atoms with Crippen molar-refractivity contribution in [1.82, 2.24) is 10.2 Å². The van der Waals surface area contributed by atoms with E-state index in [1.165, 1.54) is 12.0 Å². The minimum absolute atomic E-state index is 0.147. The SMILES string of the molecule is CCCCNC(=O)C(Cc1ccccc1)N(Cc1ccccc1)C(=O)CN(c1cccc(OC)c1)S(C)(=O)=O. The molecule has 0 radical (unpaired) electrons. The summed E-state index contributed by atoms with van der Waals surface area (Å²) in [5, 5.41) is 2.97. The lowest BCUT2D eigenvalue weighted by Gasteiger charge is -2.33. The number of methoxy groups -OCH3 is 1. The van der Waals surface area contributed by atoms with Gasteiger partial charge in [-0.15, -0.1) is 0 Å². The Balaban J connectivity index is 2.01. The highest BCUT2D eigenvalue weighted by atomic mass is 32.2. The molecule has 0 aliphatic heterocycles. The van der Waals surface area contributed by atoms with Gasteiger partial charge in [-0.05, 0) is 29.7 Å². The summed E-state index contributed by atoms with van der Waals surface area (Å²) in [5.41, 5.74) is 2.03. The second-order valence-electron chi connectivity index (χ2n) is 9.33. The zero-order valence-corrected chi connectivity index (χ0v) is 23.6. The lowest BCUT2D eigenvalue weighted by molar-refractivity contribution is -0.140. The monoisotopic (exact) mass is 551 g/mol. The molecule has 8 nitrogen and oxygen atoms in total. The van der Waals surface area contributed by atoms with Gasteiger partial charge in [-0.3, -0.25) is 13.9 Å². The number of hydrogen-bond acceptors (Lipinski definition) is 5. The lowest BCUT2D eigenvalue weighted by Crippen LogP contribution is -2.53. The number of anilines is 1. The van der Waals surface area contributed by atoms with E-state index >= 15 is 0 Å². The molecule has 0 aromatic heterocycles. The van der Waals surface area contributed by atoms with Crippen molar-refractivity contribution in [1.29, 1.82) is 0 Å². The van der Waals surface area contributed by atoms with Gasteiger partial charge in [-0.2, -0.15) is 0 Å². The first-order valence-corrected chi connectivity index (χ1v) is 14.8. The Hall–Kier alpha value is -3.85. The predicted octanol–water partition coefficient (Wildman–Crippen LogP) is 4.02. The average Bonchev–Trinajstić information content (AvgIpc) is 2.94. The van der Waals surface area contributed by atoms with Gasteiger partial charge in [0.2, 0.25) is 21.8 Å². The van der Waals surface area contributed by atoms with Crippen LogP contribution >= 0.6 is 0 Å². The molecule has 3 aromatic carbocycles. The van der Waals surface area contributed by atoms with Gasteiger partial charge in [-0.1, -0.05) is 80.1 Å². The molecule has 1 N–H and O–H groups in total. The molecule has 0 aliphatic rings. The van der Waals surface area contributed by atoms with Crippen LogP contribution in [0.1, 0.15) is 30.9 Å². The van der Waals surface area contributed by atoms with E-state index in [1.54, 1.807) is 24.3 Å². The number of amides is 2. The van der Waals surface area contributed by atoms with Crippen molar-refractivity contribution >= 4 is 27.5 Å². The maximum Gasteiger partial charge on any atom is 0.244 e. The molecule has 2 amide bonds. The zero-order chi connectivity index (χ0) is 28.3. The van der Waals surface area contributed by atoms with Crippen LogP contribution in [0.25, 0.3) is 0 Å². The van der Waals surface area contributed by atoms with Crippen LogP contribution < -0.4 is 14.4 Å². The summed E-state index contributed by atoms with van der Waals surface area (Å²) >= 11 is 0. The van der Waals surface area contributed by atoms with Crippen LogP contribution in [-0.2, 0) is 32.6 Å². The molecule has 1 unspecified atom stereocenters. The molecule has 0 heterocycles. The Kier molecular flexibility index (Phi) is 10.9. The number of carbonyl (C=O) groups excluding carboxylic acids is 2. The Morgan fingerprint density at radius 3 is 2.15 bits per heavy atom. The van der Waals surface area contributed by atoms with Gasteiger partial charge in [0.15, 0.2) is 0 Å². The highest BCUT2D eigenvalue weighted by Gasteiger charge is 2.33. The molecule has 0 saturated heterocycles. The number of sulfonamides is 1. The Bertz CT molecular complexity index is 1320. The molecule has 9 heteroatoms. The largest absolute Gasteiger partial charge is 0.497 e. The third-order valence-corrected chi connectivity index (χ3v) is 7.46. The van der Waals surface area contributed by atoms with E-state index < -0.39 is 28.5 Å². The van der Waals surface area contributed by atoms with Crippen molar-refractivity contribution < 1.29 is 22.7 Å². The third-order valence-electron chi connectivity index (χ3n) is 6.32. The first-order chi connectivity index (χ1) is 18.7. The molecule has 1 atom stereocenters. The fourth-order valence-electron chi connectivity index (χ4n) is 4.22. The van der Waals surface area contributed by atoms with Gasteiger partial charge in [-0.25, -0.2) is 8.42 Å². The first-order valence-electron chi connectivity index (χ1n) is 13.0. The van der Waals surface area contributed by atoms with Gasteiger partial charge in [0, 0.05) is 25.6 Å². The van der Waals surface area contributed by atoms with Crippen LogP contribution in [-0.4, -0.2) is 57.6 Å². The number of benzene rings is 3. The quantitative estimate of drug-likeness (QED) is 0.306. The van der Waals surface area contributed by atoms with E-state index in [-0.39, 0.29) is 18.9 Å². The normalized spacial score (nSPS) is 11.9. The molecule has 0 spiro atoms. The number of hydrogen-bond donors (Lipinski definition) is 1. The molecule has 0 fully saturated rings. The van der Waals surface area contributed by atoms with E-state index in [0.717, 1.165) is 34.5 Å². The van der Waals surface area contributed by atoms with Crippen LogP contribution in [0.5, 0.6) is 5.75 Å². The summed E-state index contributed by atoms with van der Waals surface area (Å²) < 4.78 is 32.0. The van der Waals surface area contributed by atoms with E-state index in [4.69, 9.17) is 4.74 Å². The number of nitrogens with zero attached hydrogens (tertiary/aromatic N) is 2. The van der Waals surface area contributed by atoms with Gasteiger partial charge in [0.1, 0.15) is 18.3 Å². The summed E-state index contributed by atoms with van der Waals surface area (Å²) in [6, 6.07) is 24.6. The smallest absolute Gasteiger partial charge is 0.244 e. The third kappa shape index (κ3) is 8.85. The fourth-order valence-corrected chi connectivity index (χ4v) is 5.06. The summed E-state index contributed by atoms with van der Waals surface area (Å²) in [5.74, 6) is -0.297. The van der Waals surface area contributed by atoms with Gasteiger partial charge >= 0.3 is 0 Å². The predicted molar refractivity (Wildman–Crippen MR) is 154 cm³/mol. The Morgan fingerprint density at radius 2 is 1.56 bits per heavy atom. The van der Waals surface area contributed by atoms with Crippen LogP contribution in [0.2, 0.25) is 0 Å². The van der Waals surface area contributed by atoms with Crippen LogP contribution in [0.4, 0.5) is 5.69 Å². The number of nitrogens with one attached hydrogen (secondary N) is 1. The topological polar surface area (TPSA) is 96.0 Å². The van der Waals surface area contributed by atoms with Crippen LogP contribution in [0.15, 0.2) is 84.9 Å². The highest BCUT2D eigenvalue weighted by molar-refractivity contribution is 7.92. The fraction of sp³-hybridized carbons (Fsp3) is 0.333. The number of ether oxygens (including phenoxy) is 1. The molecule has 39 heavy (non-hydrogen) atoms. The minimum atomic E-state index is -3.84. The molecule has 3 aromatic rings. The van der Waals surface area contributed by atoms with Gasteiger partial charge in [0.25, 0.3) is 0 Å². The summed E-state index contributed by atoms with van der Waals surface area (Å²) in [6.45, 7) is 2.21. The summed E-state index contributed by atoms with van der Waals surface area (Å²) in [4.78, 5) is 29.0. The van der Waals surface area contributed by atoms with Crippen molar-refractivity contribution in [2.45, 2.75) is 38.8 Å². The molecule has 3 rings (SSSR count). The first kappa shape index (κ1) is 29.7. The van der Waals surface area contributed by atoms with Crippen molar-refractivity contribution in [3.63, 3.8) is 0 Å².